The number of carbonyl (C=O) groups is 2. The van der Waals surface area contributed by atoms with Crippen molar-refractivity contribution in [1.29, 1.82) is 0 Å². The van der Waals surface area contributed by atoms with Gasteiger partial charge in [-0.15, -0.1) is 0 Å². The van der Waals surface area contributed by atoms with Gasteiger partial charge >= 0.3 is 0 Å². The number of carbonyl (C=O) groups excluding carboxylic acids is 2. The summed E-state index contributed by atoms with van der Waals surface area (Å²) in [7, 11) is 1.46. The molecule has 7 nitrogen and oxygen atoms in total. The summed E-state index contributed by atoms with van der Waals surface area (Å²) in [5, 5.41) is 5.61. The Morgan fingerprint density at radius 2 is 1.88 bits per heavy atom. The van der Waals surface area contributed by atoms with Crippen LogP contribution in [0.2, 0.25) is 0 Å². The van der Waals surface area contributed by atoms with Crippen LogP contribution in [0.4, 0.5) is 11.4 Å². The van der Waals surface area contributed by atoms with Crippen molar-refractivity contribution in [3.05, 3.63) is 59.9 Å². The average molecular weight is 350 g/mol. The van der Waals surface area contributed by atoms with Gasteiger partial charge in [0.25, 0.3) is 5.91 Å². The number of hydrogen-bond acceptors (Lipinski definition) is 5. The van der Waals surface area contributed by atoms with E-state index in [1.54, 1.807) is 48.8 Å². The summed E-state index contributed by atoms with van der Waals surface area (Å²) in [6.45, 7) is 1.83. The van der Waals surface area contributed by atoms with Crippen molar-refractivity contribution in [2.45, 2.75) is 6.92 Å². The second-order valence-corrected chi connectivity index (χ2v) is 5.69. The lowest BCUT2D eigenvalue weighted by atomic mass is 10.1. The molecule has 0 saturated heterocycles. The van der Waals surface area contributed by atoms with Gasteiger partial charge in [-0.1, -0.05) is 6.07 Å². The predicted octanol–water partition coefficient (Wildman–Crippen LogP) is 2.78. The van der Waals surface area contributed by atoms with Crippen molar-refractivity contribution in [2.24, 2.45) is 0 Å². The molecule has 26 heavy (non-hydrogen) atoms. The number of hydrogen-bond donors (Lipinski definition) is 2. The molecule has 2 amide bonds. The van der Waals surface area contributed by atoms with E-state index in [4.69, 9.17) is 4.74 Å². The van der Waals surface area contributed by atoms with Gasteiger partial charge in [0, 0.05) is 30.9 Å². The van der Waals surface area contributed by atoms with E-state index < -0.39 is 0 Å². The molecular weight excluding hydrogens is 332 g/mol. The van der Waals surface area contributed by atoms with Gasteiger partial charge in [0.2, 0.25) is 5.91 Å². The lowest BCUT2D eigenvalue weighted by molar-refractivity contribution is -0.119. The number of ether oxygens (including phenoxy) is 1. The standard InChI is InChI=1S/C19H18N4O3/c1-12-10-13(6-7-15(12)23-17(24)11-26-2)22-19(25)14-4-3-5-16-18(14)21-9-8-20-16/h3-10H,11H2,1-2H3,(H,22,25)(H,23,24). The molecule has 0 aliphatic heterocycles. The Hall–Kier alpha value is -3.32. The van der Waals surface area contributed by atoms with E-state index in [1.165, 1.54) is 7.11 Å². The molecule has 3 rings (SSSR count). The van der Waals surface area contributed by atoms with Gasteiger partial charge in [-0.25, -0.2) is 0 Å². The molecule has 0 radical (unpaired) electrons. The van der Waals surface area contributed by atoms with E-state index in [9.17, 15) is 9.59 Å². The first-order chi connectivity index (χ1) is 12.6. The van der Waals surface area contributed by atoms with Gasteiger partial charge < -0.3 is 15.4 Å². The molecule has 0 atom stereocenters. The van der Waals surface area contributed by atoms with Gasteiger partial charge in [-0.05, 0) is 42.8 Å². The highest BCUT2D eigenvalue weighted by Crippen LogP contribution is 2.21. The first-order valence-corrected chi connectivity index (χ1v) is 7.99. The summed E-state index contributed by atoms with van der Waals surface area (Å²) in [4.78, 5) is 32.7. The number of aromatic nitrogens is 2. The number of rotatable bonds is 5. The zero-order valence-electron chi connectivity index (χ0n) is 14.4. The molecule has 0 aliphatic rings. The van der Waals surface area contributed by atoms with Gasteiger partial charge in [-0.2, -0.15) is 0 Å². The number of anilines is 2. The third-order valence-corrected chi connectivity index (χ3v) is 3.78. The summed E-state index contributed by atoms with van der Waals surface area (Å²) < 4.78 is 4.80. The SMILES string of the molecule is COCC(=O)Nc1ccc(NC(=O)c2cccc3nccnc23)cc1C. The number of amides is 2. The summed E-state index contributed by atoms with van der Waals surface area (Å²) in [5.74, 6) is -0.506. The summed E-state index contributed by atoms with van der Waals surface area (Å²) in [5.41, 5.74) is 3.77. The van der Waals surface area contributed by atoms with Crippen molar-refractivity contribution in [2.75, 3.05) is 24.4 Å². The van der Waals surface area contributed by atoms with E-state index in [0.717, 1.165) is 5.56 Å². The van der Waals surface area contributed by atoms with Crippen LogP contribution in [0.25, 0.3) is 11.0 Å². The van der Waals surface area contributed by atoms with Crippen LogP contribution >= 0.6 is 0 Å². The summed E-state index contributed by atoms with van der Waals surface area (Å²) in [6.07, 6.45) is 3.14. The van der Waals surface area contributed by atoms with E-state index >= 15 is 0 Å². The maximum Gasteiger partial charge on any atom is 0.257 e. The Morgan fingerprint density at radius 1 is 1.08 bits per heavy atom. The van der Waals surface area contributed by atoms with Gasteiger partial charge in [0.1, 0.15) is 12.1 Å². The van der Waals surface area contributed by atoms with Crippen molar-refractivity contribution < 1.29 is 14.3 Å². The zero-order chi connectivity index (χ0) is 18.5. The minimum absolute atomic E-state index is 0.0138. The third kappa shape index (κ3) is 3.84. The molecule has 1 aromatic heterocycles. The highest BCUT2D eigenvalue weighted by atomic mass is 16.5. The number of para-hydroxylation sites is 1. The second-order valence-electron chi connectivity index (χ2n) is 5.69. The van der Waals surface area contributed by atoms with Gasteiger partial charge in [0.05, 0.1) is 11.1 Å². The van der Waals surface area contributed by atoms with Crippen LogP contribution < -0.4 is 10.6 Å². The number of nitrogens with zero attached hydrogens (tertiary/aromatic N) is 2. The maximum atomic E-state index is 12.6. The molecular formula is C19H18N4O3. The lowest BCUT2D eigenvalue weighted by Gasteiger charge is -2.11. The normalized spacial score (nSPS) is 10.5. The van der Waals surface area contributed by atoms with E-state index in [0.29, 0.717) is 28.0 Å². The molecule has 0 fully saturated rings. The van der Waals surface area contributed by atoms with Crippen LogP contribution in [0.3, 0.4) is 0 Å². The molecule has 0 unspecified atom stereocenters. The van der Waals surface area contributed by atoms with Crippen molar-refractivity contribution in [3.63, 3.8) is 0 Å². The molecule has 7 heteroatoms. The summed E-state index contributed by atoms with van der Waals surface area (Å²) >= 11 is 0. The largest absolute Gasteiger partial charge is 0.375 e. The van der Waals surface area contributed by atoms with Crippen LogP contribution in [0.15, 0.2) is 48.8 Å². The average Bonchev–Trinajstić information content (AvgIpc) is 2.63. The molecule has 0 bridgehead atoms. The van der Waals surface area contributed by atoms with Crippen molar-refractivity contribution >= 4 is 34.2 Å². The highest BCUT2D eigenvalue weighted by Gasteiger charge is 2.12. The molecule has 0 spiro atoms. The number of nitrogens with one attached hydrogen (secondary N) is 2. The maximum absolute atomic E-state index is 12.6. The first kappa shape index (κ1) is 17.5. The molecule has 132 valence electrons. The predicted molar refractivity (Wildman–Crippen MR) is 99.2 cm³/mol. The Labute approximate surface area is 150 Å². The third-order valence-electron chi connectivity index (χ3n) is 3.78. The molecule has 0 saturated carbocycles. The van der Waals surface area contributed by atoms with Crippen molar-refractivity contribution in [1.82, 2.24) is 9.97 Å². The fourth-order valence-corrected chi connectivity index (χ4v) is 2.57. The number of fused-ring (bicyclic) bond motifs is 1. The van der Waals surface area contributed by atoms with Crippen LogP contribution in [0.1, 0.15) is 15.9 Å². The number of methoxy groups -OCH3 is 1. The van der Waals surface area contributed by atoms with E-state index in [2.05, 4.69) is 20.6 Å². The number of aryl methyl sites for hydroxylation is 1. The Balaban J connectivity index is 1.79. The van der Waals surface area contributed by atoms with Crippen LogP contribution in [-0.2, 0) is 9.53 Å². The minimum atomic E-state index is -0.272. The Bertz CT molecular complexity index is 967. The second kappa shape index (κ2) is 7.71. The fraction of sp³-hybridized carbons (Fsp3) is 0.158. The van der Waals surface area contributed by atoms with E-state index in [1.807, 2.05) is 6.92 Å². The Morgan fingerprint density at radius 3 is 2.65 bits per heavy atom. The topological polar surface area (TPSA) is 93.2 Å². The zero-order valence-corrected chi connectivity index (χ0v) is 14.4. The molecule has 2 N–H and O–H groups in total. The van der Waals surface area contributed by atoms with Gasteiger partial charge in [0.15, 0.2) is 0 Å². The van der Waals surface area contributed by atoms with Crippen LogP contribution in [0.5, 0.6) is 0 Å². The smallest absolute Gasteiger partial charge is 0.257 e. The molecule has 2 aromatic carbocycles. The lowest BCUT2D eigenvalue weighted by Crippen LogP contribution is -2.18. The number of benzene rings is 2. The van der Waals surface area contributed by atoms with Crippen LogP contribution in [0, 0.1) is 6.92 Å². The van der Waals surface area contributed by atoms with Gasteiger partial charge in [-0.3, -0.25) is 19.6 Å². The minimum Gasteiger partial charge on any atom is -0.375 e. The molecule has 0 aliphatic carbocycles. The quantitative estimate of drug-likeness (QED) is 0.738. The fourth-order valence-electron chi connectivity index (χ4n) is 2.57. The first-order valence-electron chi connectivity index (χ1n) is 7.99. The Kier molecular flexibility index (Phi) is 5.19. The van der Waals surface area contributed by atoms with E-state index in [-0.39, 0.29) is 18.4 Å². The van der Waals surface area contributed by atoms with Crippen molar-refractivity contribution in [3.8, 4) is 0 Å². The highest BCUT2D eigenvalue weighted by molar-refractivity contribution is 6.11. The monoisotopic (exact) mass is 350 g/mol. The summed E-state index contributed by atoms with van der Waals surface area (Å²) in [6, 6.07) is 10.5. The van der Waals surface area contributed by atoms with Crippen LogP contribution in [-0.4, -0.2) is 35.5 Å². The molecule has 3 aromatic rings. The molecule has 1 heterocycles.